The van der Waals surface area contributed by atoms with Crippen molar-refractivity contribution in [2.24, 2.45) is 5.73 Å². The van der Waals surface area contributed by atoms with Gasteiger partial charge in [-0.3, -0.25) is 0 Å². The lowest BCUT2D eigenvalue weighted by Crippen LogP contribution is -2.37. The number of amides is 2. The van der Waals surface area contributed by atoms with Crippen LogP contribution >= 0.6 is 12.2 Å². The van der Waals surface area contributed by atoms with E-state index in [1.165, 1.54) is 17.0 Å². The first-order valence-electron chi connectivity index (χ1n) is 5.70. The van der Waals surface area contributed by atoms with E-state index in [9.17, 15) is 9.18 Å². The van der Waals surface area contributed by atoms with Crippen LogP contribution in [0.1, 0.15) is 5.56 Å². The molecule has 2 amide bonds. The molecule has 0 unspecified atom stereocenters. The Kier molecular flexibility index (Phi) is 5.50. The van der Waals surface area contributed by atoms with Gasteiger partial charge in [0.2, 0.25) is 0 Å². The zero-order valence-corrected chi connectivity index (χ0v) is 11.7. The highest BCUT2D eigenvalue weighted by molar-refractivity contribution is 7.80. The van der Waals surface area contributed by atoms with Crippen LogP contribution in [-0.2, 0) is 0 Å². The summed E-state index contributed by atoms with van der Waals surface area (Å²) in [5, 5.41) is 5.75. The molecule has 7 heteroatoms. The molecule has 0 atom stereocenters. The van der Waals surface area contributed by atoms with Gasteiger partial charge in [0.15, 0.2) is 0 Å². The maximum atomic E-state index is 13.1. The third-order valence-electron chi connectivity index (χ3n) is 2.37. The summed E-state index contributed by atoms with van der Waals surface area (Å²) in [7, 11) is 3.32. The first-order valence-corrected chi connectivity index (χ1v) is 6.11. The summed E-state index contributed by atoms with van der Waals surface area (Å²) in [6.07, 6.45) is 0. The normalized spacial score (nSPS) is 9.84. The molecule has 0 saturated heterocycles. The number of nitrogens with zero attached hydrogens (tertiary/aromatic N) is 1. The van der Waals surface area contributed by atoms with Crippen molar-refractivity contribution in [3.05, 3.63) is 29.6 Å². The van der Waals surface area contributed by atoms with E-state index in [0.717, 1.165) is 0 Å². The van der Waals surface area contributed by atoms with Gasteiger partial charge in [0.05, 0.1) is 0 Å². The van der Waals surface area contributed by atoms with E-state index in [1.54, 1.807) is 20.2 Å². The van der Waals surface area contributed by atoms with Crippen LogP contribution in [-0.4, -0.2) is 43.1 Å². The molecular formula is C12H17FN4OS. The lowest BCUT2D eigenvalue weighted by atomic mass is 10.1. The number of thiocarbonyl (C=S) groups is 1. The largest absolute Gasteiger partial charge is 0.389 e. The van der Waals surface area contributed by atoms with Crippen molar-refractivity contribution >= 4 is 28.9 Å². The first-order chi connectivity index (χ1) is 8.91. The van der Waals surface area contributed by atoms with Gasteiger partial charge in [-0.1, -0.05) is 12.2 Å². The Labute approximate surface area is 117 Å². The molecular weight excluding hydrogens is 267 g/mol. The van der Waals surface area contributed by atoms with Crippen LogP contribution in [0.3, 0.4) is 0 Å². The average molecular weight is 284 g/mol. The molecule has 5 nitrogen and oxygen atoms in total. The fourth-order valence-corrected chi connectivity index (χ4v) is 1.57. The standard InChI is InChI=1S/C12H17FN4OS/c1-17(2)12(18)16-6-5-15-10-4-3-8(13)7-9(10)11(14)19/h3-4,7,15H,5-6H2,1-2H3,(H2,14,19)(H,16,18). The number of hydrogen-bond donors (Lipinski definition) is 3. The number of urea groups is 1. The third kappa shape index (κ3) is 4.70. The van der Waals surface area contributed by atoms with E-state index < -0.39 is 5.82 Å². The second kappa shape index (κ2) is 6.89. The summed E-state index contributed by atoms with van der Waals surface area (Å²) in [6, 6.07) is 4.00. The van der Waals surface area contributed by atoms with Gasteiger partial charge in [-0.05, 0) is 18.2 Å². The molecule has 19 heavy (non-hydrogen) atoms. The van der Waals surface area contributed by atoms with E-state index in [-0.39, 0.29) is 11.0 Å². The highest BCUT2D eigenvalue weighted by atomic mass is 32.1. The highest BCUT2D eigenvalue weighted by Crippen LogP contribution is 2.16. The van der Waals surface area contributed by atoms with Crippen molar-refractivity contribution in [1.29, 1.82) is 0 Å². The van der Waals surface area contributed by atoms with Crippen molar-refractivity contribution in [2.75, 3.05) is 32.5 Å². The Morgan fingerprint density at radius 1 is 1.42 bits per heavy atom. The Bertz CT molecular complexity index is 479. The average Bonchev–Trinajstić information content (AvgIpc) is 2.35. The minimum atomic E-state index is -0.394. The molecule has 0 saturated carbocycles. The summed E-state index contributed by atoms with van der Waals surface area (Å²) >= 11 is 4.86. The van der Waals surface area contributed by atoms with Gasteiger partial charge in [0.25, 0.3) is 0 Å². The summed E-state index contributed by atoms with van der Waals surface area (Å²) in [6.45, 7) is 0.923. The van der Waals surface area contributed by atoms with E-state index in [4.69, 9.17) is 18.0 Å². The molecule has 4 N–H and O–H groups in total. The second-order valence-corrected chi connectivity index (χ2v) is 4.55. The number of carbonyl (C=O) groups excluding carboxylic acids is 1. The summed E-state index contributed by atoms with van der Waals surface area (Å²) < 4.78 is 13.1. The number of benzene rings is 1. The van der Waals surface area contributed by atoms with Gasteiger partial charge in [-0.15, -0.1) is 0 Å². The number of carbonyl (C=O) groups is 1. The van der Waals surface area contributed by atoms with Crippen LogP contribution in [0.15, 0.2) is 18.2 Å². The second-order valence-electron chi connectivity index (χ2n) is 4.11. The van der Waals surface area contributed by atoms with Gasteiger partial charge in [-0.25, -0.2) is 9.18 Å². The molecule has 0 aliphatic rings. The molecule has 0 radical (unpaired) electrons. The van der Waals surface area contributed by atoms with Gasteiger partial charge < -0.3 is 21.3 Å². The van der Waals surface area contributed by atoms with Gasteiger partial charge in [0, 0.05) is 38.4 Å². The Balaban J connectivity index is 2.54. The maximum absolute atomic E-state index is 13.1. The van der Waals surface area contributed by atoms with Crippen LogP contribution in [0.5, 0.6) is 0 Å². The van der Waals surface area contributed by atoms with E-state index in [0.29, 0.717) is 24.3 Å². The highest BCUT2D eigenvalue weighted by Gasteiger charge is 2.07. The van der Waals surface area contributed by atoms with E-state index in [1.807, 2.05) is 0 Å². The molecule has 0 bridgehead atoms. The number of rotatable bonds is 5. The smallest absolute Gasteiger partial charge is 0.316 e. The lowest BCUT2D eigenvalue weighted by Gasteiger charge is -2.14. The van der Waals surface area contributed by atoms with Crippen LogP contribution in [0.25, 0.3) is 0 Å². The van der Waals surface area contributed by atoms with Crippen molar-refractivity contribution < 1.29 is 9.18 Å². The SMILES string of the molecule is CN(C)C(=O)NCCNc1ccc(F)cc1C(N)=S. The predicted octanol–water partition coefficient (Wildman–Crippen LogP) is 1.14. The lowest BCUT2D eigenvalue weighted by molar-refractivity contribution is 0.218. The molecule has 0 aliphatic heterocycles. The summed E-state index contributed by atoms with van der Waals surface area (Å²) in [5.41, 5.74) is 6.62. The molecule has 104 valence electrons. The molecule has 0 aliphatic carbocycles. The molecule has 1 aromatic rings. The Hall–Kier alpha value is -1.89. The van der Waals surface area contributed by atoms with Gasteiger partial charge in [0.1, 0.15) is 10.8 Å². The molecule has 1 aromatic carbocycles. The fraction of sp³-hybridized carbons (Fsp3) is 0.333. The number of hydrogen-bond acceptors (Lipinski definition) is 3. The van der Waals surface area contributed by atoms with Crippen molar-refractivity contribution in [3.8, 4) is 0 Å². The number of anilines is 1. The number of nitrogens with one attached hydrogen (secondary N) is 2. The zero-order valence-electron chi connectivity index (χ0n) is 10.9. The summed E-state index contributed by atoms with van der Waals surface area (Å²) in [5.74, 6) is -0.394. The van der Waals surface area contributed by atoms with Crippen molar-refractivity contribution in [2.45, 2.75) is 0 Å². The Morgan fingerprint density at radius 2 is 2.11 bits per heavy atom. The fourth-order valence-electron chi connectivity index (χ4n) is 1.40. The first kappa shape index (κ1) is 15.2. The maximum Gasteiger partial charge on any atom is 0.316 e. The number of nitrogens with two attached hydrogens (primary N) is 1. The third-order valence-corrected chi connectivity index (χ3v) is 2.59. The van der Waals surface area contributed by atoms with Crippen LogP contribution in [0.4, 0.5) is 14.9 Å². The molecule has 0 heterocycles. The van der Waals surface area contributed by atoms with E-state index >= 15 is 0 Å². The van der Waals surface area contributed by atoms with Crippen molar-refractivity contribution in [3.63, 3.8) is 0 Å². The van der Waals surface area contributed by atoms with Crippen LogP contribution < -0.4 is 16.4 Å². The molecule has 1 rings (SSSR count). The minimum absolute atomic E-state index is 0.124. The number of halogens is 1. The topological polar surface area (TPSA) is 70.4 Å². The van der Waals surface area contributed by atoms with Gasteiger partial charge >= 0.3 is 6.03 Å². The quantitative estimate of drug-likeness (QED) is 0.560. The molecule has 0 fully saturated rings. The van der Waals surface area contributed by atoms with Gasteiger partial charge in [-0.2, -0.15) is 0 Å². The van der Waals surface area contributed by atoms with Crippen LogP contribution in [0.2, 0.25) is 0 Å². The van der Waals surface area contributed by atoms with E-state index in [2.05, 4.69) is 10.6 Å². The Morgan fingerprint density at radius 3 is 2.68 bits per heavy atom. The minimum Gasteiger partial charge on any atom is -0.389 e. The van der Waals surface area contributed by atoms with Crippen LogP contribution in [0, 0.1) is 5.82 Å². The molecule has 0 aromatic heterocycles. The zero-order chi connectivity index (χ0) is 14.4. The van der Waals surface area contributed by atoms with Crippen molar-refractivity contribution in [1.82, 2.24) is 10.2 Å². The summed E-state index contributed by atoms with van der Waals surface area (Å²) in [4.78, 5) is 12.8. The molecule has 0 spiro atoms. The monoisotopic (exact) mass is 284 g/mol. The predicted molar refractivity (Wildman–Crippen MR) is 77.9 cm³/mol.